The number of thiocarbonyl (C=S) groups is 1. The molecule has 1 atom stereocenters. The Labute approximate surface area is 196 Å². The number of nitrogens with zero attached hydrogens (tertiary/aromatic N) is 2. The van der Waals surface area contributed by atoms with Crippen LogP contribution in [0.4, 0.5) is 5.69 Å². The van der Waals surface area contributed by atoms with Crippen LogP contribution < -0.4 is 15.4 Å². The maximum Gasteiger partial charge on any atom is 0.261 e. The lowest BCUT2D eigenvalue weighted by atomic mass is 10.1. The van der Waals surface area contributed by atoms with Gasteiger partial charge in [0.15, 0.2) is 5.11 Å². The zero-order valence-corrected chi connectivity index (χ0v) is 18.9. The molecule has 3 aromatic rings. The van der Waals surface area contributed by atoms with Crippen molar-refractivity contribution < 1.29 is 9.53 Å². The maximum atomic E-state index is 13.1. The van der Waals surface area contributed by atoms with Crippen LogP contribution in [-0.2, 0) is 0 Å². The molecule has 8 heteroatoms. The van der Waals surface area contributed by atoms with Crippen LogP contribution in [0.2, 0.25) is 5.02 Å². The zero-order valence-electron chi connectivity index (χ0n) is 17.3. The topological polar surface area (TPSA) is 68.2 Å². The first kappa shape index (κ1) is 21.8. The van der Waals surface area contributed by atoms with Gasteiger partial charge in [-0.1, -0.05) is 35.9 Å². The second-order valence-corrected chi connectivity index (χ2v) is 7.98. The lowest BCUT2D eigenvalue weighted by Crippen LogP contribution is -2.34. The molecule has 32 heavy (non-hydrogen) atoms. The van der Waals surface area contributed by atoms with E-state index >= 15 is 0 Å². The molecule has 1 aliphatic carbocycles. The third kappa shape index (κ3) is 5.07. The van der Waals surface area contributed by atoms with Crippen molar-refractivity contribution in [3.63, 3.8) is 0 Å². The molecule has 162 valence electrons. The van der Waals surface area contributed by atoms with Gasteiger partial charge in [-0.25, -0.2) is 0 Å². The number of carbonyl (C=O) groups is 1. The number of hydrogen-bond acceptors (Lipinski definition) is 4. The SMILES string of the molecule is COc1ccc(-c2nn(C3C=CC=CC3)cc2C(=O)NC(=S)Nc2ccc(Cl)cc2)cc1. The summed E-state index contributed by atoms with van der Waals surface area (Å²) in [7, 11) is 1.61. The second kappa shape index (κ2) is 9.80. The highest BCUT2D eigenvalue weighted by Crippen LogP contribution is 2.27. The molecule has 4 rings (SSSR count). The van der Waals surface area contributed by atoms with E-state index in [4.69, 9.17) is 33.7 Å². The Kier molecular flexibility index (Phi) is 6.68. The van der Waals surface area contributed by atoms with Crippen molar-refractivity contribution in [2.75, 3.05) is 12.4 Å². The molecule has 0 aliphatic heterocycles. The second-order valence-electron chi connectivity index (χ2n) is 7.13. The van der Waals surface area contributed by atoms with Crippen LogP contribution in [0.3, 0.4) is 0 Å². The summed E-state index contributed by atoms with van der Waals surface area (Å²) in [6.45, 7) is 0. The van der Waals surface area contributed by atoms with Gasteiger partial charge in [0.1, 0.15) is 11.4 Å². The number of halogens is 1. The van der Waals surface area contributed by atoms with Crippen LogP contribution in [0.5, 0.6) is 5.75 Å². The predicted octanol–water partition coefficient (Wildman–Crippen LogP) is 5.40. The van der Waals surface area contributed by atoms with E-state index in [1.165, 1.54) is 0 Å². The fourth-order valence-electron chi connectivity index (χ4n) is 3.32. The Morgan fingerprint density at radius 1 is 1.16 bits per heavy atom. The van der Waals surface area contributed by atoms with Crippen LogP contribution in [-0.4, -0.2) is 27.9 Å². The Bertz CT molecular complexity index is 1180. The summed E-state index contributed by atoms with van der Waals surface area (Å²) in [5.74, 6) is 0.386. The van der Waals surface area contributed by atoms with E-state index in [9.17, 15) is 4.79 Å². The fraction of sp³-hybridized carbons (Fsp3) is 0.125. The summed E-state index contributed by atoms with van der Waals surface area (Å²) in [5.41, 5.74) is 2.53. The normalized spacial score (nSPS) is 14.8. The summed E-state index contributed by atoms with van der Waals surface area (Å²) < 4.78 is 7.05. The summed E-state index contributed by atoms with van der Waals surface area (Å²) in [6, 6.07) is 14.5. The van der Waals surface area contributed by atoms with Crippen molar-refractivity contribution in [1.29, 1.82) is 0 Å². The van der Waals surface area contributed by atoms with Gasteiger partial charge >= 0.3 is 0 Å². The number of ether oxygens (including phenoxy) is 1. The van der Waals surface area contributed by atoms with E-state index in [2.05, 4.69) is 22.8 Å². The molecule has 0 fully saturated rings. The molecule has 2 aromatic carbocycles. The first-order valence-electron chi connectivity index (χ1n) is 9.98. The zero-order chi connectivity index (χ0) is 22.5. The molecule has 1 aromatic heterocycles. The third-order valence-electron chi connectivity index (χ3n) is 4.97. The first-order chi connectivity index (χ1) is 15.5. The number of nitrogens with one attached hydrogen (secondary N) is 2. The molecular formula is C24H21ClN4O2S. The molecule has 0 saturated carbocycles. The summed E-state index contributed by atoms with van der Waals surface area (Å²) in [6.07, 6.45) is 10.7. The lowest BCUT2D eigenvalue weighted by molar-refractivity contribution is 0.0978. The van der Waals surface area contributed by atoms with Gasteiger partial charge in [0.05, 0.1) is 18.7 Å². The Hall–Kier alpha value is -3.42. The molecule has 0 spiro atoms. The number of anilines is 1. The fourth-order valence-corrected chi connectivity index (χ4v) is 3.66. The van der Waals surface area contributed by atoms with Crippen LogP contribution in [0.25, 0.3) is 11.3 Å². The summed E-state index contributed by atoms with van der Waals surface area (Å²) >= 11 is 11.2. The van der Waals surface area contributed by atoms with Crippen molar-refractivity contribution in [2.24, 2.45) is 0 Å². The molecule has 1 heterocycles. The maximum absolute atomic E-state index is 13.1. The molecule has 1 aliphatic rings. The van der Waals surface area contributed by atoms with E-state index in [-0.39, 0.29) is 17.1 Å². The van der Waals surface area contributed by atoms with Crippen LogP contribution in [0.15, 0.2) is 79.0 Å². The first-order valence-corrected chi connectivity index (χ1v) is 10.8. The average molecular weight is 465 g/mol. The van der Waals surface area contributed by atoms with Crippen molar-refractivity contribution >= 4 is 40.5 Å². The van der Waals surface area contributed by atoms with Gasteiger partial charge in [0, 0.05) is 22.5 Å². The van der Waals surface area contributed by atoms with E-state index in [1.807, 2.05) is 41.1 Å². The largest absolute Gasteiger partial charge is 0.497 e. The van der Waals surface area contributed by atoms with Gasteiger partial charge in [-0.15, -0.1) is 0 Å². The van der Waals surface area contributed by atoms with Gasteiger partial charge in [-0.2, -0.15) is 5.10 Å². The minimum Gasteiger partial charge on any atom is -0.497 e. The summed E-state index contributed by atoms with van der Waals surface area (Å²) in [4.78, 5) is 13.1. The number of amides is 1. The van der Waals surface area contributed by atoms with Crippen molar-refractivity contribution in [3.8, 4) is 17.0 Å². The van der Waals surface area contributed by atoms with Gasteiger partial charge in [-0.3, -0.25) is 14.8 Å². The minimum absolute atomic E-state index is 0.0395. The van der Waals surface area contributed by atoms with Crippen molar-refractivity contribution in [3.05, 3.63) is 89.6 Å². The Morgan fingerprint density at radius 3 is 2.56 bits per heavy atom. The molecule has 0 bridgehead atoms. The molecule has 2 N–H and O–H groups in total. The quantitative estimate of drug-likeness (QED) is 0.495. The number of benzene rings is 2. The summed E-state index contributed by atoms with van der Waals surface area (Å²) in [5, 5.41) is 11.3. The molecule has 0 radical (unpaired) electrons. The lowest BCUT2D eigenvalue weighted by Gasteiger charge is -2.13. The highest BCUT2D eigenvalue weighted by molar-refractivity contribution is 7.80. The van der Waals surface area contributed by atoms with Gasteiger partial charge in [0.2, 0.25) is 0 Å². The third-order valence-corrected chi connectivity index (χ3v) is 5.42. The van der Waals surface area contributed by atoms with E-state index in [0.717, 1.165) is 23.4 Å². The molecule has 0 saturated heterocycles. The van der Waals surface area contributed by atoms with Crippen LogP contribution in [0.1, 0.15) is 22.8 Å². The number of carbonyl (C=O) groups excluding carboxylic acids is 1. The monoisotopic (exact) mass is 464 g/mol. The highest BCUT2D eigenvalue weighted by atomic mass is 35.5. The van der Waals surface area contributed by atoms with Crippen LogP contribution in [0, 0.1) is 0 Å². The molecular weight excluding hydrogens is 444 g/mol. The minimum atomic E-state index is -0.344. The Morgan fingerprint density at radius 2 is 1.91 bits per heavy atom. The Balaban J connectivity index is 1.59. The smallest absolute Gasteiger partial charge is 0.261 e. The number of hydrogen-bond donors (Lipinski definition) is 2. The predicted molar refractivity (Wildman–Crippen MR) is 131 cm³/mol. The number of methoxy groups -OCH3 is 1. The average Bonchev–Trinajstić information content (AvgIpc) is 3.27. The number of allylic oxidation sites excluding steroid dienone is 4. The molecule has 1 unspecified atom stereocenters. The number of aromatic nitrogens is 2. The molecule has 1 amide bonds. The standard InChI is InChI=1S/C24H21ClN4O2S/c1-31-20-13-7-16(8-14-20)22-21(15-29(28-22)19-5-3-2-4-6-19)23(30)27-24(32)26-18-11-9-17(25)10-12-18/h2-5,7-15,19H,6H2,1H3,(H2,26,27,30,32). The van der Waals surface area contributed by atoms with Crippen LogP contribution >= 0.6 is 23.8 Å². The molecule has 6 nitrogen and oxygen atoms in total. The van der Waals surface area contributed by atoms with E-state index < -0.39 is 0 Å². The van der Waals surface area contributed by atoms with Gasteiger partial charge in [0.25, 0.3) is 5.91 Å². The van der Waals surface area contributed by atoms with Crippen molar-refractivity contribution in [1.82, 2.24) is 15.1 Å². The van der Waals surface area contributed by atoms with Crippen molar-refractivity contribution in [2.45, 2.75) is 12.5 Å². The highest BCUT2D eigenvalue weighted by Gasteiger charge is 2.21. The van der Waals surface area contributed by atoms with Gasteiger partial charge < -0.3 is 10.1 Å². The number of rotatable bonds is 5. The van der Waals surface area contributed by atoms with E-state index in [0.29, 0.717) is 16.3 Å². The van der Waals surface area contributed by atoms with Gasteiger partial charge in [-0.05, 0) is 67.2 Å². The van der Waals surface area contributed by atoms with E-state index in [1.54, 1.807) is 37.6 Å².